The van der Waals surface area contributed by atoms with Gasteiger partial charge >= 0.3 is 12.1 Å². The van der Waals surface area contributed by atoms with Gasteiger partial charge in [0.1, 0.15) is 11.4 Å². The Labute approximate surface area is 142 Å². The summed E-state index contributed by atoms with van der Waals surface area (Å²) in [6.07, 6.45) is 1.12. The molecule has 1 aliphatic rings. The fourth-order valence-corrected chi connectivity index (χ4v) is 2.67. The third-order valence-electron chi connectivity index (χ3n) is 3.80. The Hall–Kier alpha value is -2.31. The van der Waals surface area contributed by atoms with Crippen molar-refractivity contribution in [2.75, 3.05) is 18.0 Å². The van der Waals surface area contributed by atoms with Crippen molar-refractivity contribution in [1.29, 1.82) is 0 Å². The van der Waals surface area contributed by atoms with Crippen molar-refractivity contribution < 1.29 is 19.4 Å². The molecule has 1 aliphatic heterocycles. The minimum absolute atomic E-state index is 0.0459. The molecule has 1 aromatic heterocycles. The number of hydrogen-bond acceptors (Lipinski definition) is 5. The normalized spacial score (nSPS) is 15.9. The van der Waals surface area contributed by atoms with E-state index in [1.807, 2.05) is 27.7 Å². The predicted molar refractivity (Wildman–Crippen MR) is 90.5 cm³/mol. The van der Waals surface area contributed by atoms with Crippen LogP contribution >= 0.6 is 0 Å². The Morgan fingerprint density at radius 1 is 1.29 bits per heavy atom. The van der Waals surface area contributed by atoms with Crippen LogP contribution in [0.3, 0.4) is 0 Å². The zero-order chi connectivity index (χ0) is 17.9. The van der Waals surface area contributed by atoms with E-state index in [9.17, 15) is 9.59 Å². The largest absolute Gasteiger partial charge is 0.477 e. The number of aromatic carboxylic acids is 1. The van der Waals surface area contributed by atoms with Crippen molar-refractivity contribution >= 4 is 17.9 Å². The number of alkyl carbamates (subject to hydrolysis) is 1. The van der Waals surface area contributed by atoms with Crippen LogP contribution in [-0.2, 0) is 4.74 Å². The summed E-state index contributed by atoms with van der Waals surface area (Å²) < 4.78 is 5.27. The number of ether oxygens (including phenoxy) is 1. The Balaban J connectivity index is 1.94. The van der Waals surface area contributed by atoms with Crippen LogP contribution in [0, 0.1) is 6.92 Å². The molecule has 0 saturated carbocycles. The van der Waals surface area contributed by atoms with E-state index in [4.69, 9.17) is 9.84 Å². The number of pyridine rings is 1. The summed E-state index contributed by atoms with van der Waals surface area (Å²) in [6.45, 7) is 8.82. The van der Waals surface area contributed by atoms with Gasteiger partial charge in [-0.2, -0.15) is 0 Å². The quantitative estimate of drug-likeness (QED) is 0.882. The second-order valence-corrected chi connectivity index (χ2v) is 7.05. The van der Waals surface area contributed by atoms with E-state index in [1.54, 1.807) is 6.07 Å². The molecule has 24 heavy (non-hydrogen) atoms. The average molecular weight is 335 g/mol. The van der Waals surface area contributed by atoms with Crippen LogP contribution in [0.1, 0.15) is 49.7 Å². The summed E-state index contributed by atoms with van der Waals surface area (Å²) in [7, 11) is 0. The van der Waals surface area contributed by atoms with Gasteiger partial charge in [0, 0.05) is 19.1 Å². The lowest BCUT2D eigenvalue weighted by atomic mass is 10.0. The highest BCUT2D eigenvalue weighted by Gasteiger charge is 2.25. The highest BCUT2D eigenvalue weighted by Crippen LogP contribution is 2.22. The Morgan fingerprint density at radius 3 is 2.46 bits per heavy atom. The molecule has 7 nitrogen and oxygen atoms in total. The first-order valence-electron chi connectivity index (χ1n) is 8.11. The van der Waals surface area contributed by atoms with Gasteiger partial charge in [-0.05, 0) is 52.2 Å². The van der Waals surface area contributed by atoms with Gasteiger partial charge in [0.15, 0.2) is 5.69 Å². The first kappa shape index (κ1) is 18.0. The second-order valence-electron chi connectivity index (χ2n) is 7.05. The molecule has 0 spiro atoms. The molecular formula is C17H25N3O4. The summed E-state index contributed by atoms with van der Waals surface area (Å²) in [5.41, 5.74) is 0.478. The molecule has 0 unspecified atom stereocenters. The highest BCUT2D eigenvalue weighted by atomic mass is 16.6. The van der Waals surface area contributed by atoms with E-state index in [0.717, 1.165) is 18.4 Å². The van der Waals surface area contributed by atoms with Crippen LogP contribution < -0.4 is 10.2 Å². The van der Waals surface area contributed by atoms with Gasteiger partial charge in [0.25, 0.3) is 0 Å². The van der Waals surface area contributed by atoms with E-state index in [0.29, 0.717) is 18.9 Å². The Kier molecular flexibility index (Phi) is 5.31. The van der Waals surface area contributed by atoms with Crippen LogP contribution in [0.4, 0.5) is 10.6 Å². The van der Waals surface area contributed by atoms with Gasteiger partial charge in [-0.25, -0.2) is 14.6 Å². The fraction of sp³-hybridized carbons (Fsp3) is 0.588. The number of carboxylic acid groups (broad SMARTS) is 1. The molecule has 0 bridgehead atoms. The van der Waals surface area contributed by atoms with Crippen molar-refractivity contribution in [3.05, 3.63) is 23.4 Å². The van der Waals surface area contributed by atoms with E-state index < -0.39 is 17.7 Å². The van der Waals surface area contributed by atoms with E-state index in [2.05, 4.69) is 15.2 Å². The first-order chi connectivity index (χ1) is 11.2. The van der Waals surface area contributed by atoms with Crippen LogP contribution in [0.5, 0.6) is 0 Å². The SMILES string of the molecule is Cc1ccc(C(=O)O)nc1N1CCC(NC(=O)OC(C)(C)C)CC1. The maximum Gasteiger partial charge on any atom is 0.407 e. The number of carbonyl (C=O) groups excluding carboxylic acids is 1. The van der Waals surface area contributed by atoms with Gasteiger partial charge < -0.3 is 20.1 Å². The molecule has 2 N–H and O–H groups in total. The number of amides is 1. The summed E-state index contributed by atoms with van der Waals surface area (Å²) >= 11 is 0. The Bertz CT molecular complexity index is 617. The lowest BCUT2D eigenvalue weighted by Gasteiger charge is -2.34. The van der Waals surface area contributed by atoms with Crippen molar-refractivity contribution in [1.82, 2.24) is 10.3 Å². The number of anilines is 1. The smallest absolute Gasteiger partial charge is 0.407 e. The van der Waals surface area contributed by atoms with E-state index >= 15 is 0 Å². The zero-order valence-electron chi connectivity index (χ0n) is 14.6. The maximum absolute atomic E-state index is 11.8. The van der Waals surface area contributed by atoms with Gasteiger partial charge in [-0.1, -0.05) is 6.07 Å². The van der Waals surface area contributed by atoms with Gasteiger partial charge in [-0.15, -0.1) is 0 Å². The molecule has 0 radical (unpaired) electrons. The maximum atomic E-state index is 11.8. The number of rotatable bonds is 3. The van der Waals surface area contributed by atoms with Crippen molar-refractivity contribution in [3.8, 4) is 0 Å². The predicted octanol–water partition coefficient (Wildman–Crippen LogP) is 2.58. The number of carbonyl (C=O) groups is 2. The summed E-state index contributed by atoms with van der Waals surface area (Å²) in [4.78, 5) is 29.2. The van der Waals surface area contributed by atoms with Crippen LogP contribution in [-0.4, -0.2) is 46.9 Å². The molecule has 1 aromatic rings. The lowest BCUT2D eigenvalue weighted by molar-refractivity contribution is 0.0496. The van der Waals surface area contributed by atoms with Crippen molar-refractivity contribution in [2.45, 2.75) is 52.2 Å². The zero-order valence-corrected chi connectivity index (χ0v) is 14.6. The first-order valence-corrected chi connectivity index (χ1v) is 8.11. The topological polar surface area (TPSA) is 91.8 Å². The van der Waals surface area contributed by atoms with Gasteiger partial charge in [0.2, 0.25) is 0 Å². The molecule has 1 amide bonds. The summed E-state index contributed by atoms with van der Waals surface area (Å²) in [5.74, 6) is -0.330. The number of hydrogen-bond donors (Lipinski definition) is 2. The third-order valence-corrected chi connectivity index (χ3v) is 3.80. The standard InChI is InChI=1S/C17H25N3O4/c1-11-5-6-13(15(21)22)19-14(11)20-9-7-12(8-10-20)18-16(23)24-17(2,3)4/h5-6,12H,7-10H2,1-4H3,(H,18,23)(H,21,22). The molecule has 7 heteroatoms. The fourth-order valence-electron chi connectivity index (χ4n) is 2.67. The minimum Gasteiger partial charge on any atom is -0.477 e. The number of carboxylic acids is 1. The summed E-state index contributed by atoms with van der Waals surface area (Å²) in [6, 6.07) is 3.34. The molecule has 2 rings (SSSR count). The molecule has 1 fully saturated rings. The third kappa shape index (κ3) is 4.84. The molecule has 0 atom stereocenters. The molecule has 1 saturated heterocycles. The lowest BCUT2D eigenvalue weighted by Crippen LogP contribution is -2.46. The summed E-state index contributed by atoms with van der Waals surface area (Å²) in [5, 5.41) is 12.0. The van der Waals surface area contributed by atoms with Crippen LogP contribution in [0.25, 0.3) is 0 Å². The van der Waals surface area contributed by atoms with Crippen molar-refractivity contribution in [3.63, 3.8) is 0 Å². The van der Waals surface area contributed by atoms with Crippen LogP contribution in [0.2, 0.25) is 0 Å². The van der Waals surface area contributed by atoms with Gasteiger partial charge in [0.05, 0.1) is 0 Å². The molecule has 132 valence electrons. The van der Waals surface area contributed by atoms with Crippen LogP contribution in [0.15, 0.2) is 12.1 Å². The van der Waals surface area contributed by atoms with Gasteiger partial charge in [-0.3, -0.25) is 0 Å². The number of nitrogens with one attached hydrogen (secondary N) is 1. The van der Waals surface area contributed by atoms with Crippen molar-refractivity contribution in [2.24, 2.45) is 0 Å². The highest BCUT2D eigenvalue weighted by molar-refractivity contribution is 5.86. The van der Waals surface area contributed by atoms with E-state index in [1.165, 1.54) is 6.07 Å². The minimum atomic E-state index is -1.03. The number of nitrogens with zero attached hydrogens (tertiary/aromatic N) is 2. The monoisotopic (exact) mass is 335 g/mol. The van der Waals surface area contributed by atoms with E-state index in [-0.39, 0.29) is 11.7 Å². The molecule has 0 aliphatic carbocycles. The number of piperidine rings is 1. The number of aryl methyl sites for hydroxylation is 1. The molecule has 0 aromatic carbocycles. The Morgan fingerprint density at radius 2 is 1.92 bits per heavy atom. The average Bonchev–Trinajstić information content (AvgIpc) is 2.46. The molecular weight excluding hydrogens is 310 g/mol. The second kappa shape index (κ2) is 7.07. The molecule has 2 heterocycles. The number of aromatic nitrogens is 1.